The molecule has 0 aliphatic carbocycles. The molecule has 0 N–H and O–H groups in total. The van der Waals surface area contributed by atoms with Crippen molar-refractivity contribution in [1.29, 1.82) is 0 Å². The van der Waals surface area contributed by atoms with Crippen molar-refractivity contribution < 1.29 is 16.5 Å². The van der Waals surface area contributed by atoms with Gasteiger partial charge in [-0.2, -0.15) is 4.57 Å². The van der Waals surface area contributed by atoms with E-state index in [1.807, 2.05) is 39.0 Å². The van der Waals surface area contributed by atoms with Gasteiger partial charge in [-0.25, -0.2) is 0 Å². The van der Waals surface area contributed by atoms with E-state index in [-0.39, 0.29) is 16.2 Å². The third-order valence-electron chi connectivity index (χ3n) is 13.9. The standard InChI is InChI=1S/C53H65N2O2/c1-16-51(14,17-2)42-30-53(57-48(32(42)6)52(15,18-3)19-4)43-37-23-20-31(5)26-39(37)41(50(11,12)13)28-40(43)45-47-44(54-33(7)55(45)53)38-25-22-35-27-34(29-49(8,9)10)21-24-36(35)46(38)56-47/h20-28,30H,16-19,29H2,1-15H3/q+1/i29D2. The molecule has 0 radical (unpaired) electrons. The first-order valence-electron chi connectivity index (χ1n) is 22.5. The molecule has 4 heteroatoms. The van der Waals surface area contributed by atoms with E-state index < -0.39 is 17.5 Å². The van der Waals surface area contributed by atoms with E-state index >= 15 is 0 Å². The quantitative estimate of drug-likeness (QED) is 0.152. The van der Waals surface area contributed by atoms with Crippen molar-refractivity contribution in [2.45, 2.75) is 147 Å². The molecule has 4 aromatic carbocycles. The third kappa shape index (κ3) is 5.82. The van der Waals surface area contributed by atoms with E-state index in [4.69, 9.17) is 16.9 Å². The van der Waals surface area contributed by atoms with Gasteiger partial charge in [0.15, 0.2) is 5.69 Å². The summed E-state index contributed by atoms with van der Waals surface area (Å²) >= 11 is 0. The minimum atomic E-state index is -1.51. The maximum Gasteiger partial charge on any atom is 0.301 e. The summed E-state index contributed by atoms with van der Waals surface area (Å²) in [7, 11) is 0. The van der Waals surface area contributed by atoms with Crippen LogP contribution in [0.4, 0.5) is 0 Å². The molecule has 0 saturated heterocycles. The molecule has 57 heavy (non-hydrogen) atoms. The number of aromatic nitrogens is 2. The monoisotopic (exact) mass is 764 g/mol. The highest BCUT2D eigenvalue weighted by Crippen LogP contribution is 2.57. The fraction of sp³-hybridized carbons (Fsp3) is 0.472. The summed E-state index contributed by atoms with van der Waals surface area (Å²) in [5, 5.41) is 5.29. The van der Waals surface area contributed by atoms with Crippen molar-refractivity contribution in [3.63, 3.8) is 0 Å². The second-order valence-electron chi connectivity index (χ2n) is 19.9. The minimum absolute atomic E-state index is 0.0824. The maximum absolute atomic E-state index is 9.02. The Morgan fingerprint density at radius 1 is 0.719 bits per heavy atom. The molecule has 2 aromatic heterocycles. The molecule has 1 unspecified atom stereocenters. The van der Waals surface area contributed by atoms with Crippen LogP contribution in [0.25, 0.3) is 54.9 Å². The van der Waals surface area contributed by atoms with Gasteiger partial charge in [0.2, 0.25) is 11.1 Å². The van der Waals surface area contributed by atoms with Gasteiger partial charge in [-0.15, -0.1) is 0 Å². The number of fused-ring (bicyclic) bond motifs is 13. The van der Waals surface area contributed by atoms with Crippen LogP contribution in [0.3, 0.4) is 0 Å². The number of allylic oxidation sites excluding steroid dienone is 3. The zero-order valence-corrected chi connectivity index (χ0v) is 37.3. The van der Waals surface area contributed by atoms with Crippen LogP contribution in [0.5, 0.6) is 0 Å². The summed E-state index contributed by atoms with van der Waals surface area (Å²) < 4.78 is 35.6. The van der Waals surface area contributed by atoms with Crippen LogP contribution in [0.15, 0.2) is 82.0 Å². The number of rotatable bonds is 7. The summed E-state index contributed by atoms with van der Waals surface area (Å²) in [6.07, 6.45) is 4.87. The van der Waals surface area contributed by atoms with Crippen molar-refractivity contribution >= 4 is 43.6 Å². The molecular weight excluding hydrogens is 697 g/mol. The molecule has 0 fully saturated rings. The first kappa shape index (κ1) is 36.9. The van der Waals surface area contributed by atoms with Crippen LogP contribution in [0.1, 0.15) is 147 Å². The Morgan fingerprint density at radius 2 is 1.37 bits per heavy atom. The topological polar surface area (TPSA) is 39.1 Å². The van der Waals surface area contributed by atoms with Gasteiger partial charge >= 0.3 is 11.5 Å². The second-order valence-corrected chi connectivity index (χ2v) is 19.9. The Labute approximate surface area is 344 Å². The van der Waals surface area contributed by atoms with E-state index in [2.05, 4.69) is 130 Å². The lowest BCUT2D eigenvalue weighted by molar-refractivity contribution is -0.774. The van der Waals surface area contributed by atoms with Gasteiger partial charge in [-0.1, -0.05) is 131 Å². The van der Waals surface area contributed by atoms with Gasteiger partial charge < -0.3 is 9.15 Å². The lowest BCUT2D eigenvalue weighted by Crippen LogP contribution is -2.59. The molecule has 8 rings (SSSR count). The Balaban J connectivity index is 1.56. The first-order chi connectivity index (χ1) is 27.5. The number of aryl methyl sites for hydroxylation is 2. The van der Waals surface area contributed by atoms with Crippen molar-refractivity contribution in [2.24, 2.45) is 16.2 Å². The predicted molar refractivity (Wildman–Crippen MR) is 240 cm³/mol. The molecule has 0 amide bonds. The van der Waals surface area contributed by atoms with Crippen LogP contribution in [-0.4, -0.2) is 4.98 Å². The van der Waals surface area contributed by atoms with Crippen molar-refractivity contribution in [2.75, 3.05) is 0 Å². The molecule has 4 nitrogen and oxygen atoms in total. The van der Waals surface area contributed by atoms with Gasteiger partial charge in [-0.3, -0.25) is 0 Å². The zero-order valence-electron chi connectivity index (χ0n) is 39.3. The first-order valence-corrected chi connectivity index (χ1v) is 21.5. The molecule has 1 atom stereocenters. The highest BCUT2D eigenvalue weighted by atomic mass is 16.5. The second kappa shape index (κ2) is 13.0. The number of furan rings is 1. The van der Waals surface area contributed by atoms with Gasteiger partial charge in [0.05, 0.1) is 10.9 Å². The third-order valence-corrected chi connectivity index (χ3v) is 13.9. The summed E-state index contributed by atoms with van der Waals surface area (Å²) in [4.78, 5) is 5.49. The number of hydrogen-bond donors (Lipinski definition) is 0. The molecule has 298 valence electrons. The van der Waals surface area contributed by atoms with Crippen LogP contribution in [-0.2, 0) is 22.2 Å². The summed E-state index contributed by atoms with van der Waals surface area (Å²) in [5.41, 5.74) is 9.35. The molecular formula is C53H65N2O2+. The van der Waals surface area contributed by atoms with E-state index in [1.54, 1.807) is 0 Å². The molecule has 1 spiro atoms. The summed E-state index contributed by atoms with van der Waals surface area (Å²) in [5.74, 6) is 1.93. The van der Waals surface area contributed by atoms with Crippen molar-refractivity contribution in [3.05, 3.63) is 106 Å². The lowest BCUT2D eigenvalue weighted by Gasteiger charge is -2.44. The Hall–Kier alpha value is -4.44. The molecule has 2 aliphatic heterocycles. The number of nitrogens with zero attached hydrogens (tertiary/aromatic N) is 2. The summed E-state index contributed by atoms with van der Waals surface area (Å²) in [6, 6.07) is 19.5. The average Bonchev–Trinajstić information content (AvgIpc) is 3.70. The van der Waals surface area contributed by atoms with E-state index in [9.17, 15) is 0 Å². The Kier molecular flexibility index (Phi) is 8.43. The van der Waals surface area contributed by atoms with Crippen LogP contribution in [0.2, 0.25) is 0 Å². The van der Waals surface area contributed by atoms with Gasteiger partial charge in [0, 0.05) is 32.1 Å². The van der Waals surface area contributed by atoms with Crippen molar-refractivity contribution in [3.8, 4) is 11.3 Å². The Bertz CT molecular complexity index is 2800. The molecule has 6 aromatic rings. The molecule has 0 saturated carbocycles. The smallest absolute Gasteiger partial charge is 0.301 e. The molecule has 0 bridgehead atoms. The Morgan fingerprint density at radius 3 is 2.00 bits per heavy atom. The summed E-state index contributed by atoms with van der Waals surface area (Å²) in [6.45, 7) is 33.5. The highest BCUT2D eigenvalue weighted by molar-refractivity contribution is 6.16. The van der Waals surface area contributed by atoms with E-state index in [0.29, 0.717) is 5.56 Å². The van der Waals surface area contributed by atoms with Gasteiger partial charge in [0.25, 0.3) is 0 Å². The van der Waals surface area contributed by atoms with Gasteiger partial charge in [0.1, 0.15) is 11.3 Å². The van der Waals surface area contributed by atoms with E-state index in [0.717, 1.165) is 86.9 Å². The van der Waals surface area contributed by atoms with E-state index in [1.165, 1.54) is 33.0 Å². The van der Waals surface area contributed by atoms with Crippen molar-refractivity contribution in [1.82, 2.24) is 4.98 Å². The maximum atomic E-state index is 9.02. The number of benzene rings is 4. The zero-order chi connectivity index (χ0) is 43.0. The SMILES string of the molecule is [2H]C([2H])(c1ccc2c(ccc3c4nc(C)[n+]5c(c4oc23)-c2cc(C(C)(C)C)c3cc(C)ccc3c2C52C=C(C(C)(CC)CC)C(C)=C(C(C)(CC)CC)O2)c1)C(C)(C)C. The molecule has 2 aliphatic rings. The average molecular weight is 764 g/mol. The molecule has 4 heterocycles. The van der Waals surface area contributed by atoms with Gasteiger partial charge in [-0.05, 0) is 118 Å². The fourth-order valence-corrected chi connectivity index (χ4v) is 9.95. The normalized spacial score (nSPS) is 18.4. The van der Waals surface area contributed by atoms with Crippen LogP contribution < -0.4 is 4.57 Å². The largest absolute Gasteiger partial charge is 0.447 e. The minimum Gasteiger partial charge on any atom is -0.447 e. The van der Waals surface area contributed by atoms with Crippen LogP contribution >= 0.6 is 0 Å². The fourth-order valence-electron chi connectivity index (χ4n) is 9.95. The predicted octanol–water partition coefficient (Wildman–Crippen LogP) is 14.6. The lowest BCUT2D eigenvalue weighted by atomic mass is 9.69. The van der Waals surface area contributed by atoms with Crippen LogP contribution in [0, 0.1) is 30.1 Å². The highest BCUT2D eigenvalue weighted by Gasteiger charge is 2.58. The number of ether oxygens (including phenoxy) is 1. The number of hydrogen-bond acceptors (Lipinski definition) is 3.